The monoisotopic (exact) mass is 561 g/mol. The minimum atomic E-state index is -1.07. The lowest BCUT2D eigenvalue weighted by Crippen LogP contribution is -2.57. The largest absolute Gasteiger partial charge is 0.507 e. The Bertz CT molecular complexity index is 956. The maximum Gasteiger partial charge on any atom is 0.408 e. The molecule has 1 aromatic carbocycles. The van der Waals surface area contributed by atoms with E-state index in [0.717, 1.165) is 25.7 Å². The fraction of sp³-hybridized carbons (Fsp3) is 0.719. The Morgan fingerprint density at radius 2 is 1.68 bits per heavy atom. The third kappa shape index (κ3) is 11.0. The van der Waals surface area contributed by atoms with E-state index in [1.54, 1.807) is 50.8 Å². The van der Waals surface area contributed by atoms with Crippen LogP contribution in [-0.4, -0.2) is 52.1 Å². The van der Waals surface area contributed by atoms with Gasteiger partial charge in [-0.2, -0.15) is 0 Å². The molecule has 0 radical (unpaired) electrons. The average Bonchev–Trinajstić information content (AvgIpc) is 2.86. The first-order chi connectivity index (χ1) is 18.6. The standard InChI is InChI=1S/C32H55N3O5/c1-11-13-14-20-33-29(37)27(25-17-15-16-23(6)28(25)36)35(24(7)19-18-21(3)4)30(38)26(22(5)12-2)34-31(39)40-32(8,9)10/h15-17,21-22,24,26-27,36H,11-14,18-20H2,1-10H3,(H,33,37)(H,34,39). The molecule has 1 aromatic rings. The van der Waals surface area contributed by atoms with Gasteiger partial charge in [0.15, 0.2) is 0 Å². The minimum Gasteiger partial charge on any atom is -0.507 e. The van der Waals surface area contributed by atoms with E-state index in [1.807, 2.05) is 20.8 Å². The van der Waals surface area contributed by atoms with Gasteiger partial charge < -0.3 is 25.4 Å². The Labute approximate surface area is 242 Å². The molecule has 0 saturated heterocycles. The first-order valence-corrected chi connectivity index (χ1v) is 15.0. The SMILES string of the molecule is CCCCCNC(=O)C(c1cccc(C)c1O)N(C(=O)C(NC(=O)OC(C)(C)C)C(C)CC)C(C)CCC(C)C. The number of aryl methyl sites for hydroxylation is 1. The molecular weight excluding hydrogens is 506 g/mol. The van der Waals surface area contributed by atoms with Gasteiger partial charge in [0.1, 0.15) is 23.4 Å². The van der Waals surface area contributed by atoms with E-state index in [4.69, 9.17) is 4.74 Å². The molecule has 8 heteroatoms. The second kappa shape index (κ2) is 16.5. The highest BCUT2D eigenvalue weighted by atomic mass is 16.6. The summed E-state index contributed by atoms with van der Waals surface area (Å²) in [5.41, 5.74) is 0.262. The summed E-state index contributed by atoms with van der Waals surface area (Å²) in [6, 6.07) is 2.94. The number of alkyl carbamates (subject to hydrolysis) is 1. The van der Waals surface area contributed by atoms with Crippen molar-refractivity contribution in [1.82, 2.24) is 15.5 Å². The number of aromatic hydroxyl groups is 1. The molecule has 1 rings (SSSR count). The number of hydrogen-bond acceptors (Lipinski definition) is 5. The van der Waals surface area contributed by atoms with Crippen LogP contribution in [0, 0.1) is 18.8 Å². The van der Waals surface area contributed by atoms with E-state index in [9.17, 15) is 19.5 Å². The van der Waals surface area contributed by atoms with E-state index in [2.05, 4.69) is 31.4 Å². The van der Waals surface area contributed by atoms with Crippen LogP contribution in [0.2, 0.25) is 0 Å². The molecule has 0 aliphatic rings. The summed E-state index contributed by atoms with van der Waals surface area (Å²) in [5.74, 6) is -0.546. The highest BCUT2D eigenvalue weighted by Crippen LogP contribution is 2.35. The molecule has 0 spiro atoms. The molecule has 3 N–H and O–H groups in total. The van der Waals surface area contributed by atoms with Crippen molar-refractivity contribution < 1.29 is 24.2 Å². The summed E-state index contributed by atoms with van der Waals surface area (Å²) in [5, 5.41) is 16.9. The average molecular weight is 562 g/mol. The summed E-state index contributed by atoms with van der Waals surface area (Å²) >= 11 is 0. The molecule has 0 saturated carbocycles. The predicted molar refractivity (Wildman–Crippen MR) is 161 cm³/mol. The molecule has 0 fully saturated rings. The zero-order chi connectivity index (χ0) is 30.6. The molecule has 0 bridgehead atoms. The normalized spacial score (nSPS) is 14.7. The van der Waals surface area contributed by atoms with Gasteiger partial charge in [-0.15, -0.1) is 0 Å². The molecule has 4 atom stereocenters. The van der Waals surface area contributed by atoms with E-state index in [0.29, 0.717) is 36.4 Å². The zero-order valence-electron chi connectivity index (χ0n) is 26.6. The Morgan fingerprint density at radius 1 is 1.02 bits per heavy atom. The quantitative estimate of drug-likeness (QED) is 0.208. The van der Waals surface area contributed by atoms with Crippen LogP contribution in [0.4, 0.5) is 4.79 Å². The summed E-state index contributed by atoms with van der Waals surface area (Å²) in [6.45, 7) is 19.7. The second-order valence-corrected chi connectivity index (χ2v) is 12.5. The molecule has 0 aromatic heterocycles. The third-order valence-corrected chi connectivity index (χ3v) is 7.21. The fourth-order valence-electron chi connectivity index (χ4n) is 4.59. The highest BCUT2D eigenvalue weighted by molar-refractivity contribution is 5.93. The number of unbranched alkanes of at least 4 members (excludes halogenated alkanes) is 2. The molecule has 4 unspecified atom stereocenters. The van der Waals surface area contributed by atoms with Gasteiger partial charge in [0, 0.05) is 18.2 Å². The fourth-order valence-corrected chi connectivity index (χ4v) is 4.59. The molecule has 40 heavy (non-hydrogen) atoms. The summed E-state index contributed by atoms with van der Waals surface area (Å²) in [7, 11) is 0. The van der Waals surface area contributed by atoms with E-state index in [-0.39, 0.29) is 29.5 Å². The van der Waals surface area contributed by atoms with Crippen molar-refractivity contribution in [3.8, 4) is 5.75 Å². The molecule has 0 aliphatic carbocycles. The number of carbonyl (C=O) groups is 3. The smallest absolute Gasteiger partial charge is 0.408 e. The molecule has 0 aliphatic heterocycles. The maximum absolute atomic E-state index is 14.5. The number of benzene rings is 1. The predicted octanol–water partition coefficient (Wildman–Crippen LogP) is 6.64. The van der Waals surface area contributed by atoms with E-state index in [1.165, 1.54) is 0 Å². The molecule has 228 valence electrons. The van der Waals surface area contributed by atoms with Crippen LogP contribution in [0.3, 0.4) is 0 Å². The van der Waals surface area contributed by atoms with Crippen molar-refractivity contribution in [2.45, 2.75) is 131 Å². The van der Waals surface area contributed by atoms with E-state index < -0.39 is 23.8 Å². The summed E-state index contributed by atoms with van der Waals surface area (Å²) in [4.78, 5) is 42.9. The molecule has 8 nitrogen and oxygen atoms in total. The van der Waals surface area contributed by atoms with Gasteiger partial charge in [-0.05, 0) is 71.3 Å². The number of hydrogen-bond donors (Lipinski definition) is 3. The van der Waals surface area contributed by atoms with Gasteiger partial charge in [0.2, 0.25) is 11.8 Å². The van der Waals surface area contributed by atoms with Crippen molar-refractivity contribution in [2.75, 3.05) is 6.54 Å². The van der Waals surface area contributed by atoms with Gasteiger partial charge in [-0.25, -0.2) is 4.79 Å². The van der Waals surface area contributed by atoms with Crippen molar-refractivity contribution in [2.24, 2.45) is 11.8 Å². The first kappa shape index (κ1) is 35.3. The van der Waals surface area contributed by atoms with Crippen LogP contribution in [0.5, 0.6) is 5.75 Å². The number of ether oxygens (including phenoxy) is 1. The van der Waals surface area contributed by atoms with Gasteiger partial charge in [0.05, 0.1) is 0 Å². The number of phenolic OH excluding ortho intramolecular Hbond substituents is 1. The highest BCUT2D eigenvalue weighted by Gasteiger charge is 2.41. The van der Waals surface area contributed by atoms with E-state index >= 15 is 0 Å². The Hall–Kier alpha value is -2.77. The van der Waals surface area contributed by atoms with Gasteiger partial charge in [-0.3, -0.25) is 9.59 Å². The van der Waals surface area contributed by atoms with Crippen LogP contribution in [0.1, 0.15) is 118 Å². The number of nitrogens with one attached hydrogen (secondary N) is 2. The number of amides is 3. The molecule has 3 amide bonds. The Balaban J connectivity index is 3.68. The lowest BCUT2D eigenvalue weighted by Gasteiger charge is -2.40. The van der Waals surface area contributed by atoms with Crippen molar-refractivity contribution >= 4 is 17.9 Å². The molecular formula is C32H55N3O5. The van der Waals surface area contributed by atoms with Crippen LogP contribution in [-0.2, 0) is 14.3 Å². The van der Waals surface area contributed by atoms with Crippen molar-refractivity contribution in [3.63, 3.8) is 0 Å². The second-order valence-electron chi connectivity index (χ2n) is 12.5. The lowest BCUT2D eigenvalue weighted by molar-refractivity contribution is -0.146. The van der Waals surface area contributed by atoms with Gasteiger partial charge in [0.25, 0.3) is 0 Å². The first-order valence-electron chi connectivity index (χ1n) is 15.0. The number of carbonyl (C=O) groups excluding carboxylic acids is 3. The number of rotatable bonds is 15. The zero-order valence-corrected chi connectivity index (χ0v) is 26.6. The van der Waals surface area contributed by atoms with Crippen LogP contribution >= 0.6 is 0 Å². The van der Waals surface area contributed by atoms with Crippen molar-refractivity contribution in [1.29, 1.82) is 0 Å². The molecule has 0 heterocycles. The Kier molecular flexibility index (Phi) is 14.5. The number of para-hydroxylation sites is 1. The number of phenols is 1. The number of nitrogens with zero attached hydrogens (tertiary/aromatic N) is 1. The van der Waals surface area contributed by atoms with Gasteiger partial charge >= 0.3 is 6.09 Å². The summed E-state index contributed by atoms with van der Waals surface area (Å²) < 4.78 is 5.50. The van der Waals surface area contributed by atoms with Crippen LogP contribution in [0.25, 0.3) is 0 Å². The lowest BCUT2D eigenvalue weighted by atomic mass is 9.92. The van der Waals surface area contributed by atoms with Crippen LogP contribution < -0.4 is 10.6 Å². The Morgan fingerprint density at radius 3 is 2.23 bits per heavy atom. The third-order valence-electron chi connectivity index (χ3n) is 7.21. The summed E-state index contributed by atoms with van der Waals surface area (Å²) in [6.07, 6.45) is 4.27. The van der Waals surface area contributed by atoms with Gasteiger partial charge in [-0.1, -0.05) is 72.1 Å². The van der Waals surface area contributed by atoms with Crippen molar-refractivity contribution in [3.05, 3.63) is 29.3 Å². The van der Waals surface area contributed by atoms with Crippen LogP contribution in [0.15, 0.2) is 18.2 Å². The minimum absolute atomic E-state index is 0.00902. The topological polar surface area (TPSA) is 108 Å². The maximum atomic E-state index is 14.5.